The third-order valence-corrected chi connectivity index (χ3v) is 9.48. The van der Waals surface area contributed by atoms with E-state index < -0.39 is 32.0 Å². The van der Waals surface area contributed by atoms with Crippen LogP contribution in [0.25, 0.3) is 11.0 Å². The molecule has 1 aromatic heterocycles. The van der Waals surface area contributed by atoms with Crippen LogP contribution in [0.2, 0.25) is 30.7 Å². The maximum absolute atomic E-state index is 13.6. The highest BCUT2D eigenvalue weighted by atomic mass is 35.5. The first-order valence-electron chi connectivity index (χ1n) is 12.1. The van der Waals surface area contributed by atoms with Gasteiger partial charge in [0.05, 0.1) is 32.9 Å². The zero-order valence-corrected chi connectivity index (χ0v) is 23.5. The average molecular weight is 509 g/mol. The van der Waals surface area contributed by atoms with Gasteiger partial charge in [0.15, 0.2) is 0 Å². The molecule has 0 spiro atoms. The second kappa shape index (κ2) is 8.49. The quantitative estimate of drug-likeness (QED) is 0.449. The van der Waals surface area contributed by atoms with Gasteiger partial charge in [-0.2, -0.15) is 0 Å². The fourth-order valence-corrected chi connectivity index (χ4v) is 5.70. The van der Waals surface area contributed by atoms with Gasteiger partial charge in [0.2, 0.25) is 0 Å². The second-order valence-corrected chi connectivity index (χ2v) is 18.5. The Hall–Kier alpha value is -1.10. The van der Waals surface area contributed by atoms with Crippen molar-refractivity contribution in [2.24, 2.45) is 0 Å². The standard InChI is InChI=1S/C24H38BClN2O5Si/c1-22(2)23(3,4)33-25(32-22)16-11-18(26)20-19(12-16)27(15-31-9-10-34(6,7)8)21(29)28(20)17-13-24(5,30)14-17/h11-12,17,30H,9-10,13-15H2,1-8H3. The number of hydrogen-bond donors (Lipinski definition) is 1. The third-order valence-electron chi connectivity index (χ3n) is 7.49. The van der Waals surface area contributed by atoms with E-state index in [0.717, 1.165) is 11.5 Å². The Labute approximate surface area is 208 Å². The summed E-state index contributed by atoms with van der Waals surface area (Å²) in [4.78, 5) is 13.6. The number of halogens is 1. The van der Waals surface area contributed by atoms with Crippen molar-refractivity contribution in [1.29, 1.82) is 0 Å². The summed E-state index contributed by atoms with van der Waals surface area (Å²) in [5, 5.41) is 10.8. The van der Waals surface area contributed by atoms with Crippen molar-refractivity contribution in [3.05, 3.63) is 27.6 Å². The van der Waals surface area contributed by atoms with Crippen molar-refractivity contribution in [2.75, 3.05) is 6.61 Å². The summed E-state index contributed by atoms with van der Waals surface area (Å²) in [6.07, 6.45) is 1.02. The molecule has 1 aliphatic carbocycles. The zero-order valence-electron chi connectivity index (χ0n) is 21.7. The monoisotopic (exact) mass is 508 g/mol. The van der Waals surface area contributed by atoms with Crippen LogP contribution < -0.4 is 11.2 Å². The predicted octanol–water partition coefficient (Wildman–Crippen LogP) is 4.15. The number of hydrogen-bond acceptors (Lipinski definition) is 5. The molecule has 0 radical (unpaired) electrons. The molecule has 1 aromatic carbocycles. The average Bonchev–Trinajstić information content (AvgIpc) is 3.05. The van der Waals surface area contributed by atoms with Crippen LogP contribution in [-0.2, 0) is 20.8 Å². The number of ether oxygens (including phenoxy) is 1. The van der Waals surface area contributed by atoms with Crippen molar-refractivity contribution >= 4 is 43.3 Å². The molecule has 188 valence electrons. The Morgan fingerprint density at radius 1 is 1.15 bits per heavy atom. The molecular weight excluding hydrogens is 471 g/mol. The van der Waals surface area contributed by atoms with Crippen LogP contribution in [0.15, 0.2) is 16.9 Å². The minimum atomic E-state index is -1.25. The van der Waals surface area contributed by atoms with Crippen LogP contribution in [0.4, 0.5) is 0 Å². The van der Waals surface area contributed by atoms with Gasteiger partial charge in [-0.1, -0.05) is 31.2 Å². The molecule has 0 unspecified atom stereocenters. The molecule has 0 amide bonds. The summed E-state index contributed by atoms with van der Waals surface area (Å²) < 4.78 is 21.8. The minimum absolute atomic E-state index is 0.103. The molecule has 2 aliphatic rings. The molecule has 1 saturated heterocycles. The summed E-state index contributed by atoms with van der Waals surface area (Å²) >= 11 is 6.81. The van der Waals surface area contributed by atoms with Crippen LogP contribution in [0.1, 0.15) is 53.5 Å². The number of rotatable bonds is 7. The molecule has 1 saturated carbocycles. The molecule has 2 aromatic rings. The third kappa shape index (κ3) is 4.80. The van der Waals surface area contributed by atoms with Crippen molar-refractivity contribution < 1.29 is 19.2 Å². The lowest BCUT2D eigenvalue weighted by Crippen LogP contribution is -2.45. The molecule has 10 heteroatoms. The van der Waals surface area contributed by atoms with Crippen LogP contribution in [0.5, 0.6) is 0 Å². The van der Waals surface area contributed by atoms with Gasteiger partial charge < -0.3 is 19.2 Å². The highest BCUT2D eigenvalue weighted by Gasteiger charge is 2.52. The first-order chi connectivity index (χ1) is 15.5. The molecule has 1 aliphatic heterocycles. The Morgan fingerprint density at radius 3 is 2.26 bits per heavy atom. The predicted molar refractivity (Wildman–Crippen MR) is 140 cm³/mol. The number of imidazole rings is 1. The fraction of sp³-hybridized carbons (Fsp3) is 0.708. The summed E-state index contributed by atoms with van der Waals surface area (Å²) in [5.74, 6) is 0. The van der Waals surface area contributed by atoms with E-state index in [4.69, 9.17) is 25.6 Å². The van der Waals surface area contributed by atoms with E-state index >= 15 is 0 Å². The zero-order chi connectivity index (χ0) is 25.3. The van der Waals surface area contributed by atoms with Crippen molar-refractivity contribution in [1.82, 2.24) is 9.13 Å². The fourth-order valence-electron chi connectivity index (χ4n) is 4.63. The Morgan fingerprint density at radius 2 is 1.74 bits per heavy atom. The first-order valence-corrected chi connectivity index (χ1v) is 16.2. The van der Waals surface area contributed by atoms with E-state index in [0.29, 0.717) is 35.5 Å². The molecule has 2 fully saturated rings. The van der Waals surface area contributed by atoms with E-state index in [2.05, 4.69) is 19.6 Å². The number of aromatic nitrogens is 2. The van der Waals surface area contributed by atoms with E-state index in [9.17, 15) is 9.90 Å². The van der Waals surface area contributed by atoms with Crippen molar-refractivity contribution in [3.8, 4) is 0 Å². The lowest BCUT2D eigenvalue weighted by molar-refractivity contribution is -0.0510. The lowest BCUT2D eigenvalue weighted by Gasteiger charge is -2.41. The van der Waals surface area contributed by atoms with Gasteiger partial charge in [0, 0.05) is 20.7 Å². The van der Waals surface area contributed by atoms with Crippen molar-refractivity contribution in [3.63, 3.8) is 0 Å². The summed E-state index contributed by atoms with van der Waals surface area (Å²) in [5.41, 5.74) is 0.232. The number of fused-ring (bicyclic) bond motifs is 1. The Kier molecular flexibility index (Phi) is 6.49. The normalized spacial score (nSPS) is 26.3. The van der Waals surface area contributed by atoms with Crippen LogP contribution in [0.3, 0.4) is 0 Å². The molecular formula is C24H38BClN2O5Si. The molecule has 0 atom stereocenters. The van der Waals surface area contributed by atoms with Gasteiger partial charge in [-0.25, -0.2) is 4.79 Å². The van der Waals surface area contributed by atoms with Crippen LogP contribution in [0, 0.1) is 0 Å². The molecule has 2 heterocycles. The van der Waals surface area contributed by atoms with E-state index in [1.54, 1.807) is 16.1 Å². The lowest BCUT2D eigenvalue weighted by atomic mass is 9.77. The van der Waals surface area contributed by atoms with Crippen LogP contribution in [-0.4, -0.2) is 52.8 Å². The van der Waals surface area contributed by atoms with Gasteiger partial charge in [0.25, 0.3) is 0 Å². The van der Waals surface area contributed by atoms with Gasteiger partial charge in [-0.15, -0.1) is 0 Å². The maximum atomic E-state index is 13.6. The summed E-state index contributed by atoms with van der Waals surface area (Å²) in [6.45, 7) is 17.5. The number of aliphatic hydroxyl groups is 1. The molecule has 0 bridgehead atoms. The largest absolute Gasteiger partial charge is 0.494 e. The van der Waals surface area contributed by atoms with E-state index in [-0.39, 0.29) is 18.5 Å². The van der Waals surface area contributed by atoms with Gasteiger partial charge in [-0.05, 0) is 71.1 Å². The highest BCUT2D eigenvalue weighted by molar-refractivity contribution is 6.76. The summed E-state index contributed by atoms with van der Waals surface area (Å²) in [6, 6.07) is 4.68. The number of nitrogens with zero attached hydrogens (tertiary/aromatic N) is 2. The van der Waals surface area contributed by atoms with Gasteiger partial charge in [-0.3, -0.25) is 9.13 Å². The molecule has 1 N–H and O–H groups in total. The van der Waals surface area contributed by atoms with E-state index in [1.165, 1.54) is 0 Å². The van der Waals surface area contributed by atoms with E-state index in [1.807, 2.05) is 39.8 Å². The Balaban J connectivity index is 1.74. The maximum Gasteiger partial charge on any atom is 0.494 e. The van der Waals surface area contributed by atoms with Crippen molar-refractivity contribution in [2.45, 2.75) is 103 Å². The van der Waals surface area contributed by atoms with Crippen LogP contribution >= 0.6 is 11.6 Å². The SMILES string of the molecule is CC1(O)CC(n2c(=O)n(COCC[Si](C)(C)C)c3cc(B4OC(C)(C)C(C)(C)O4)cc(Cl)c32)C1. The smallest absolute Gasteiger partial charge is 0.399 e. The number of benzene rings is 1. The topological polar surface area (TPSA) is 74.9 Å². The second-order valence-electron chi connectivity index (χ2n) is 12.4. The molecule has 7 nitrogen and oxygen atoms in total. The highest BCUT2D eigenvalue weighted by Crippen LogP contribution is 2.43. The van der Waals surface area contributed by atoms with Gasteiger partial charge in [0.1, 0.15) is 6.73 Å². The summed E-state index contributed by atoms with van der Waals surface area (Å²) in [7, 11) is -1.84. The minimum Gasteiger partial charge on any atom is -0.399 e. The Bertz CT molecular complexity index is 1130. The molecule has 34 heavy (non-hydrogen) atoms. The van der Waals surface area contributed by atoms with Gasteiger partial charge >= 0.3 is 12.8 Å². The molecule has 4 rings (SSSR count). The first kappa shape index (κ1) is 26.0.